The van der Waals surface area contributed by atoms with Gasteiger partial charge in [-0.1, -0.05) is 0 Å². The lowest BCUT2D eigenvalue weighted by Crippen LogP contribution is -2.31. The third-order valence-corrected chi connectivity index (χ3v) is 4.15. The summed E-state index contributed by atoms with van der Waals surface area (Å²) in [5, 5.41) is 0. The molecule has 18 heavy (non-hydrogen) atoms. The first kappa shape index (κ1) is 15.3. The number of hydrogen-bond acceptors (Lipinski definition) is 3. The van der Waals surface area contributed by atoms with Crippen LogP contribution in [0.1, 0.15) is 20.3 Å². The van der Waals surface area contributed by atoms with Crippen LogP contribution in [0.5, 0.6) is 0 Å². The molecule has 0 spiro atoms. The number of nitrogens with zero attached hydrogens (tertiary/aromatic N) is 1. The smallest absolute Gasteiger partial charge is 0.175 e. The molecule has 0 saturated carbocycles. The van der Waals surface area contributed by atoms with Gasteiger partial charge >= 0.3 is 0 Å². The van der Waals surface area contributed by atoms with Gasteiger partial charge in [0.05, 0.1) is 4.90 Å². The SMILES string of the molecule is CC(C)N(CCCCl)c1ccc(S(C)(=O)=O)cc1. The van der Waals surface area contributed by atoms with Crippen molar-refractivity contribution in [3.8, 4) is 0 Å². The standard InChI is InChI=1S/C13H20ClNO2S/c1-11(2)15(10-4-9-14)12-5-7-13(8-6-12)18(3,16)17/h5-8,11H,4,9-10H2,1-3H3. The van der Waals surface area contributed by atoms with Crippen LogP contribution in [0, 0.1) is 0 Å². The Balaban J connectivity index is 2.94. The minimum absolute atomic E-state index is 0.354. The quantitative estimate of drug-likeness (QED) is 0.756. The second-order valence-electron chi connectivity index (χ2n) is 4.60. The van der Waals surface area contributed by atoms with Gasteiger partial charge in [-0.15, -0.1) is 11.6 Å². The van der Waals surface area contributed by atoms with Gasteiger partial charge in [-0.05, 0) is 44.5 Å². The number of halogens is 1. The fraction of sp³-hybridized carbons (Fsp3) is 0.538. The van der Waals surface area contributed by atoms with Crippen LogP contribution in [0.15, 0.2) is 29.2 Å². The van der Waals surface area contributed by atoms with Crippen molar-refractivity contribution in [2.75, 3.05) is 23.6 Å². The van der Waals surface area contributed by atoms with E-state index in [9.17, 15) is 8.42 Å². The number of benzene rings is 1. The fourth-order valence-electron chi connectivity index (χ4n) is 1.80. The van der Waals surface area contributed by atoms with E-state index in [4.69, 9.17) is 11.6 Å². The Kier molecular flexibility index (Phi) is 5.47. The van der Waals surface area contributed by atoms with E-state index in [-0.39, 0.29) is 0 Å². The highest BCUT2D eigenvalue weighted by Gasteiger charge is 2.12. The molecule has 5 heteroatoms. The molecule has 1 aromatic rings. The molecule has 1 aromatic carbocycles. The topological polar surface area (TPSA) is 37.4 Å². The maximum absolute atomic E-state index is 11.4. The molecule has 0 atom stereocenters. The minimum Gasteiger partial charge on any atom is -0.369 e. The van der Waals surface area contributed by atoms with Crippen molar-refractivity contribution in [2.45, 2.75) is 31.2 Å². The molecule has 0 radical (unpaired) electrons. The van der Waals surface area contributed by atoms with E-state index in [0.717, 1.165) is 18.7 Å². The lowest BCUT2D eigenvalue weighted by molar-refractivity contribution is 0.602. The third kappa shape index (κ3) is 4.18. The molecule has 3 nitrogen and oxygen atoms in total. The summed E-state index contributed by atoms with van der Waals surface area (Å²) >= 11 is 5.72. The first-order valence-corrected chi connectivity index (χ1v) is 8.41. The van der Waals surface area contributed by atoms with Crippen LogP contribution >= 0.6 is 11.6 Å². The summed E-state index contributed by atoms with van der Waals surface area (Å²) in [7, 11) is -3.12. The molecule has 0 aliphatic rings. The maximum Gasteiger partial charge on any atom is 0.175 e. The zero-order valence-corrected chi connectivity index (χ0v) is 12.6. The molecule has 0 unspecified atom stereocenters. The lowest BCUT2D eigenvalue weighted by Gasteiger charge is -2.29. The lowest BCUT2D eigenvalue weighted by atomic mass is 10.2. The Bertz CT molecular complexity index is 468. The van der Waals surface area contributed by atoms with Gasteiger partial charge in [-0.25, -0.2) is 8.42 Å². The van der Waals surface area contributed by atoms with Crippen molar-refractivity contribution in [3.05, 3.63) is 24.3 Å². The van der Waals surface area contributed by atoms with E-state index in [2.05, 4.69) is 18.7 Å². The Labute approximate surface area is 115 Å². The monoisotopic (exact) mass is 289 g/mol. The molecule has 0 aromatic heterocycles. The predicted molar refractivity (Wildman–Crippen MR) is 77.4 cm³/mol. The van der Waals surface area contributed by atoms with Gasteiger partial charge in [0.25, 0.3) is 0 Å². The maximum atomic E-state index is 11.4. The number of anilines is 1. The Morgan fingerprint density at radius 3 is 2.17 bits per heavy atom. The van der Waals surface area contributed by atoms with Crippen molar-refractivity contribution >= 4 is 27.1 Å². The Morgan fingerprint density at radius 1 is 1.22 bits per heavy atom. The van der Waals surface area contributed by atoms with Crippen molar-refractivity contribution in [2.24, 2.45) is 0 Å². The predicted octanol–water partition coefficient (Wildman–Crippen LogP) is 2.93. The van der Waals surface area contributed by atoms with Crippen LogP contribution in [-0.2, 0) is 9.84 Å². The summed E-state index contributed by atoms with van der Waals surface area (Å²) in [6.07, 6.45) is 2.13. The minimum atomic E-state index is -3.12. The molecule has 0 aliphatic carbocycles. The molecule has 0 amide bonds. The van der Waals surface area contributed by atoms with Crippen LogP contribution in [0.25, 0.3) is 0 Å². The molecule has 0 heterocycles. The van der Waals surface area contributed by atoms with E-state index in [1.165, 1.54) is 6.26 Å². The van der Waals surface area contributed by atoms with E-state index in [0.29, 0.717) is 16.8 Å². The van der Waals surface area contributed by atoms with E-state index in [1.807, 2.05) is 12.1 Å². The van der Waals surface area contributed by atoms with Crippen LogP contribution in [0.3, 0.4) is 0 Å². The number of hydrogen-bond donors (Lipinski definition) is 0. The molecule has 0 N–H and O–H groups in total. The highest BCUT2D eigenvalue weighted by molar-refractivity contribution is 7.90. The summed E-state index contributed by atoms with van der Waals surface area (Å²) < 4.78 is 22.8. The van der Waals surface area contributed by atoms with E-state index < -0.39 is 9.84 Å². The third-order valence-electron chi connectivity index (χ3n) is 2.75. The second-order valence-corrected chi connectivity index (χ2v) is 6.99. The molecule has 0 aliphatic heterocycles. The summed E-state index contributed by atoms with van der Waals surface area (Å²) in [6.45, 7) is 5.09. The van der Waals surface area contributed by atoms with Crippen molar-refractivity contribution < 1.29 is 8.42 Å². The van der Waals surface area contributed by atoms with Gasteiger partial charge in [-0.3, -0.25) is 0 Å². The van der Waals surface area contributed by atoms with Gasteiger partial charge in [0.15, 0.2) is 9.84 Å². The van der Waals surface area contributed by atoms with E-state index >= 15 is 0 Å². The highest BCUT2D eigenvalue weighted by atomic mass is 35.5. The van der Waals surface area contributed by atoms with Gasteiger partial charge in [0.1, 0.15) is 0 Å². The summed E-state index contributed by atoms with van der Waals surface area (Å²) in [5.41, 5.74) is 1.03. The average Bonchev–Trinajstić information content (AvgIpc) is 2.28. The van der Waals surface area contributed by atoms with Gasteiger partial charge < -0.3 is 4.90 Å². The first-order chi connectivity index (χ1) is 8.36. The first-order valence-electron chi connectivity index (χ1n) is 5.99. The normalized spacial score (nSPS) is 11.8. The molecular formula is C13H20ClNO2S. The highest BCUT2D eigenvalue weighted by Crippen LogP contribution is 2.20. The molecule has 0 saturated heterocycles. The Morgan fingerprint density at radius 2 is 1.78 bits per heavy atom. The summed E-state index contributed by atoms with van der Waals surface area (Å²) in [4.78, 5) is 2.57. The van der Waals surface area contributed by atoms with Crippen molar-refractivity contribution in [1.82, 2.24) is 0 Å². The van der Waals surface area contributed by atoms with Crippen LogP contribution in [0.4, 0.5) is 5.69 Å². The summed E-state index contributed by atoms with van der Waals surface area (Å²) in [5.74, 6) is 0.630. The number of sulfone groups is 1. The van der Waals surface area contributed by atoms with Crippen LogP contribution in [-0.4, -0.2) is 33.1 Å². The average molecular weight is 290 g/mol. The van der Waals surface area contributed by atoms with Gasteiger partial charge in [0.2, 0.25) is 0 Å². The molecule has 0 bridgehead atoms. The number of alkyl halides is 1. The molecule has 0 fully saturated rings. The molecule has 1 rings (SSSR count). The van der Waals surface area contributed by atoms with Gasteiger partial charge in [0, 0.05) is 30.4 Å². The van der Waals surface area contributed by atoms with Crippen molar-refractivity contribution in [3.63, 3.8) is 0 Å². The van der Waals surface area contributed by atoms with E-state index in [1.54, 1.807) is 12.1 Å². The molecule has 102 valence electrons. The largest absolute Gasteiger partial charge is 0.369 e. The second kappa shape index (κ2) is 6.43. The summed E-state index contributed by atoms with van der Waals surface area (Å²) in [6, 6.07) is 7.37. The van der Waals surface area contributed by atoms with Crippen LogP contribution < -0.4 is 4.90 Å². The molecular weight excluding hydrogens is 270 g/mol. The Hall–Kier alpha value is -0.740. The fourth-order valence-corrected chi connectivity index (χ4v) is 2.55. The zero-order valence-electron chi connectivity index (χ0n) is 11.1. The zero-order chi connectivity index (χ0) is 13.8. The van der Waals surface area contributed by atoms with Crippen LogP contribution in [0.2, 0.25) is 0 Å². The van der Waals surface area contributed by atoms with Gasteiger partial charge in [-0.2, -0.15) is 0 Å². The number of rotatable bonds is 6. The van der Waals surface area contributed by atoms with Crippen molar-refractivity contribution in [1.29, 1.82) is 0 Å².